The van der Waals surface area contributed by atoms with Gasteiger partial charge in [0.05, 0.1) is 6.42 Å². The van der Waals surface area contributed by atoms with Crippen molar-refractivity contribution in [3.8, 4) is 0 Å². The van der Waals surface area contributed by atoms with Crippen molar-refractivity contribution in [1.29, 1.82) is 0 Å². The van der Waals surface area contributed by atoms with Crippen LogP contribution < -0.4 is 0 Å². The zero-order valence-electron chi connectivity index (χ0n) is 6.14. The first-order valence-electron chi connectivity index (χ1n) is 2.92. The molecule has 0 atom stereocenters. The molecule has 0 amide bonds. The molecule has 0 aliphatic carbocycles. The van der Waals surface area contributed by atoms with E-state index in [1.807, 2.05) is 0 Å². The summed E-state index contributed by atoms with van der Waals surface area (Å²) in [5.74, 6) is -8.76. The lowest BCUT2D eigenvalue weighted by molar-refractivity contribution is -0.284. The number of alkyl halides is 8. The van der Waals surface area contributed by atoms with E-state index >= 15 is 0 Å². The van der Waals surface area contributed by atoms with Crippen LogP contribution in [0, 0.1) is 0 Å². The molecule has 0 bridgehead atoms. The Labute approximate surface area is 71.7 Å². The molecule has 1 nitrogen and oxygen atoms in total. The van der Waals surface area contributed by atoms with Crippen molar-refractivity contribution in [3.05, 3.63) is 0 Å². The first-order chi connectivity index (χ1) is 5.88. The first kappa shape index (κ1) is 13.1. The van der Waals surface area contributed by atoms with E-state index in [1.54, 1.807) is 0 Å². The Morgan fingerprint density at radius 2 is 1.21 bits per heavy atom. The molecule has 0 saturated heterocycles. The summed E-state index contributed by atoms with van der Waals surface area (Å²) >= 11 is 0. The van der Waals surface area contributed by atoms with E-state index in [2.05, 4.69) is 0 Å². The molecule has 0 heterocycles. The number of Topliss-reactive ketones (excluding diaryl/α,β-unsaturated/α-hetero) is 1. The third kappa shape index (κ3) is 3.11. The molecule has 0 aromatic heterocycles. The summed E-state index contributed by atoms with van der Waals surface area (Å²) in [4.78, 5) is 9.82. The van der Waals surface area contributed by atoms with Crippen LogP contribution in [0.5, 0.6) is 0 Å². The van der Waals surface area contributed by atoms with Crippen LogP contribution in [-0.2, 0) is 4.79 Å². The highest BCUT2D eigenvalue weighted by Gasteiger charge is 2.60. The molecule has 0 spiro atoms. The number of hydrogen-bond acceptors (Lipinski definition) is 1. The smallest absolute Gasteiger partial charge is 0.289 e. The average molecular weight is 230 g/mol. The first-order valence-corrected chi connectivity index (χ1v) is 2.92. The van der Waals surface area contributed by atoms with Crippen LogP contribution in [0.1, 0.15) is 6.42 Å². The predicted molar refractivity (Wildman–Crippen MR) is 26.7 cm³/mol. The molecule has 0 N–H and O–H groups in total. The van der Waals surface area contributed by atoms with Crippen molar-refractivity contribution in [2.45, 2.75) is 24.7 Å². The van der Waals surface area contributed by atoms with E-state index in [1.165, 1.54) is 0 Å². The van der Waals surface area contributed by atoms with Crippen molar-refractivity contribution in [3.63, 3.8) is 0 Å². The predicted octanol–water partition coefficient (Wildman–Crippen LogP) is 2.71. The topological polar surface area (TPSA) is 17.1 Å². The molecule has 0 rings (SSSR count). The van der Waals surface area contributed by atoms with Crippen molar-refractivity contribution in [2.75, 3.05) is 0 Å². The Morgan fingerprint density at radius 3 is 1.43 bits per heavy atom. The van der Waals surface area contributed by atoms with E-state index in [-0.39, 0.29) is 0 Å². The third-order valence-electron chi connectivity index (χ3n) is 1.11. The van der Waals surface area contributed by atoms with E-state index in [0.717, 1.165) is 0 Å². The van der Waals surface area contributed by atoms with Crippen LogP contribution in [0.25, 0.3) is 0 Å². The molecule has 0 aromatic rings. The average Bonchev–Trinajstić information content (AvgIpc) is 1.80. The van der Waals surface area contributed by atoms with Gasteiger partial charge in [0, 0.05) is 0 Å². The second kappa shape index (κ2) is 3.35. The number of halogens is 8. The molecule has 0 saturated carbocycles. The van der Waals surface area contributed by atoms with Gasteiger partial charge in [-0.1, -0.05) is 0 Å². The van der Waals surface area contributed by atoms with Gasteiger partial charge in [-0.25, -0.2) is 0 Å². The third-order valence-corrected chi connectivity index (χ3v) is 1.11. The van der Waals surface area contributed by atoms with Gasteiger partial charge in [0.1, 0.15) is 0 Å². The number of carbonyl (C=O) groups excluding carboxylic acids is 1. The summed E-state index contributed by atoms with van der Waals surface area (Å²) in [6, 6.07) is 0. The lowest BCUT2D eigenvalue weighted by Gasteiger charge is -2.18. The van der Waals surface area contributed by atoms with Crippen LogP contribution in [0.2, 0.25) is 0 Å². The molecule has 0 unspecified atom stereocenters. The highest BCUT2D eigenvalue weighted by Crippen LogP contribution is 2.39. The fraction of sp³-hybridized carbons (Fsp3) is 0.800. The highest BCUT2D eigenvalue weighted by atomic mass is 19.4. The van der Waals surface area contributed by atoms with Gasteiger partial charge in [0.15, 0.2) is 0 Å². The maximum absolute atomic E-state index is 11.9. The normalized spacial score (nSPS) is 14.3. The highest BCUT2D eigenvalue weighted by molar-refractivity contribution is 5.84. The number of ketones is 1. The Bertz CT molecular complexity index is 223. The van der Waals surface area contributed by atoms with E-state index < -0.39 is 30.5 Å². The maximum atomic E-state index is 11.9. The fourth-order valence-corrected chi connectivity index (χ4v) is 0.402. The molecule has 0 aliphatic heterocycles. The quantitative estimate of drug-likeness (QED) is 0.666. The standard InChI is InChI=1S/C5H2F8O/c6-3(7,5(11,12)13)1-2(14)4(8,9)10/h1H2. The summed E-state index contributed by atoms with van der Waals surface area (Å²) in [7, 11) is 0. The largest absolute Gasteiger partial charge is 0.453 e. The minimum atomic E-state index is -6.16. The number of rotatable bonds is 2. The molecule has 0 fully saturated rings. The molecule has 84 valence electrons. The molecule has 0 aromatic carbocycles. The van der Waals surface area contributed by atoms with Crippen LogP contribution in [0.15, 0.2) is 0 Å². The lowest BCUT2D eigenvalue weighted by atomic mass is 10.1. The molecular formula is C5H2F8O. The fourth-order valence-electron chi connectivity index (χ4n) is 0.402. The molecule has 0 radical (unpaired) electrons. The van der Waals surface area contributed by atoms with E-state index in [9.17, 15) is 39.9 Å². The van der Waals surface area contributed by atoms with Crippen molar-refractivity contribution in [1.82, 2.24) is 0 Å². The molecule has 0 aliphatic rings. The minimum absolute atomic E-state index is 2.92. The van der Waals surface area contributed by atoms with Crippen LogP contribution >= 0.6 is 0 Å². The summed E-state index contributed by atoms with van der Waals surface area (Å²) in [6.07, 6.45) is -14.8. The Kier molecular flexibility index (Phi) is 3.14. The van der Waals surface area contributed by atoms with E-state index in [0.29, 0.717) is 0 Å². The van der Waals surface area contributed by atoms with Gasteiger partial charge in [-0.05, 0) is 0 Å². The van der Waals surface area contributed by atoms with Crippen LogP contribution in [-0.4, -0.2) is 24.1 Å². The summed E-state index contributed by atoms with van der Waals surface area (Å²) in [5.41, 5.74) is 0. The Balaban J connectivity index is 4.62. The SMILES string of the molecule is O=C(CC(F)(F)C(F)(F)F)C(F)(F)F. The van der Waals surface area contributed by atoms with Crippen molar-refractivity contribution in [2.24, 2.45) is 0 Å². The molecule has 9 heteroatoms. The second-order valence-electron chi connectivity index (χ2n) is 2.30. The molecule has 14 heavy (non-hydrogen) atoms. The van der Waals surface area contributed by atoms with Crippen LogP contribution in [0.3, 0.4) is 0 Å². The van der Waals surface area contributed by atoms with Gasteiger partial charge in [-0.3, -0.25) is 4.79 Å². The monoisotopic (exact) mass is 230 g/mol. The van der Waals surface area contributed by atoms with Gasteiger partial charge in [0.25, 0.3) is 0 Å². The van der Waals surface area contributed by atoms with Crippen LogP contribution in [0.4, 0.5) is 35.1 Å². The van der Waals surface area contributed by atoms with Crippen molar-refractivity contribution >= 4 is 5.78 Å². The zero-order chi connectivity index (χ0) is 11.8. The van der Waals surface area contributed by atoms with Gasteiger partial charge in [-0.15, -0.1) is 0 Å². The summed E-state index contributed by atoms with van der Waals surface area (Å²) < 4.78 is 91.6. The van der Waals surface area contributed by atoms with Crippen molar-refractivity contribution < 1.29 is 39.9 Å². The van der Waals surface area contributed by atoms with E-state index in [4.69, 9.17) is 0 Å². The lowest BCUT2D eigenvalue weighted by Crippen LogP contribution is -2.41. The minimum Gasteiger partial charge on any atom is -0.289 e. The number of carbonyl (C=O) groups is 1. The molecular weight excluding hydrogens is 228 g/mol. The Hall–Kier alpha value is -0.890. The van der Waals surface area contributed by atoms with Gasteiger partial charge < -0.3 is 0 Å². The zero-order valence-corrected chi connectivity index (χ0v) is 6.14. The van der Waals surface area contributed by atoms with Gasteiger partial charge in [0.2, 0.25) is 5.78 Å². The maximum Gasteiger partial charge on any atom is 0.453 e. The number of hydrogen-bond donors (Lipinski definition) is 0. The summed E-state index contributed by atoms with van der Waals surface area (Å²) in [6.45, 7) is 0. The Morgan fingerprint density at radius 1 is 0.857 bits per heavy atom. The van der Waals surface area contributed by atoms with Gasteiger partial charge >= 0.3 is 18.3 Å². The second-order valence-corrected chi connectivity index (χ2v) is 2.30. The summed E-state index contributed by atoms with van der Waals surface area (Å²) in [5, 5.41) is 0. The van der Waals surface area contributed by atoms with Gasteiger partial charge in [-0.2, -0.15) is 35.1 Å².